The van der Waals surface area contributed by atoms with Crippen LogP contribution in [0, 0.1) is 12.3 Å². The average molecular weight is 567 g/mol. The maximum absolute atomic E-state index is 15.5. The van der Waals surface area contributed by atoms with E-state index in [4.69, 9.17) is 31.6 Å². The summed E-state index contributed by atoms with van der Waals surface area (Å²) in [5.74, 6) is -2.78. The summed E-state index contributed by atoms with van der Waals surface area (Å²) in [5.41, 5.74) is 0.201. The Kier molecular flexibility index (Phi) is 6.90. The highest BCUT2D eigenvalue weighted by molar-refractivity contribution is 7.66. The molecule has 2 aromatic heterocycles. The van der Waals surface area contributed by atoms with Gasteiger partial charge >= 0.3 is 23.5 Å². The molecule has 3 rings (SSSR count). The number of alkyl halides is 2. The Morgan fingerprint density at radius 2 is 1.89 bits per heavy atom. The molecule has 3 heterocycles. The summed E-state index contributed by atoms with van der Waals surface area (Å²) in [6.07, 6.45) is 0.548. The van der Waals surface area contributed by atoms with Gasteiger partial charge in [-0.05, 0) is 0 Å². The molecule has 1 aliphatic heterocycles. The molecule has 8 N–H and O–H groups in total. The van der Waals surface area contributed by atoms with Crippen LogP contribution < -0.4 is 11.3 Å². The topological polar surface area (TPSA) is 279 Å². The van der Waals surface area contributed by atoms with Crippen LogP contribution in [0.1, 0.15) is 6.23 Å². The van der Waals surface area contributed by atoms with E-state index in [2.05, 4.69) is 28.1 Å². The first-order valence-electron chi connectivity index (χ1n) is 8.55. The van der Waals surface area contributed by atoms with Crippen molar-refractivity contribution in [2.45, 2.75) is 23.9 Å². The van der Waals surface area contributed by atoms with E-state index in [0.29, 0.717) is 4.57 Å². The second kappa shape index (κ2) is 8.78. The number of fused-ring (bicyclic) bond motifs is 1. The zero-order valence-electron chi connectivity index (χ0n) is 16.5. The van der Waals surface area contributed by atoms with Gasteiger partial charge in [-0.15, -0.1) is 6.42 Å². The lowest BCUT2D eigenvalue weighted by Gasteiger charge is -2.25. The number of aromatic nitrogens is 4. The maximum atomic E-state index is 15.5. The van der Waals surface area contributed by atoms with Gasteiger partial charge in [-0.1, -0.05) is 5.92 Å². The number of nitrogens with one attached hydrogen (secondary N) is 1. The SMILES string of the molecule is C#C[C@]1(F)[C@H](n2cnc3c(=O)[nH]c(N)nc32)O[C@](F)(COP(=O)(O)OP(=O)(O)OP(=O)(O)O)[C@H]1O. The number of aliphatic hydroxyl groups excluding tert-OH is 1. The zero-order valence-corrected chi connectivity index (χ0v) is 19.2. The Morgan fingerprint density at radius 3 is 2.46 bits per heavy atom. The fourth-order valence-electron chi connectivity index (χ4n) is 2.89. The molecule has 2 aromatic rings. The lowest BCUT2D eigenvalue weighted by Crippen LogP contribution is -2.47. The molecule has 0 radical (unpaired) electrons. The van der Waals surface area contributed by atoms with Crippen LogP contribution in [-0.2, 0) is 31.6 Å². The molecule has 2 unspecified atom stereocenters. The molecule has 0 saturated carbocycles. The van der Waals surface area contributed by atoms with Crippen LogP contribution in [0.2, 0.25) is 0 Å². The third kappa shape index (κ3) is 5.52. The third-order valence-electron chi connectivity index (χ3n) is 4.24. The number of hydrogen-bond acceptors (Lipinski definition) is 12. The van der Waals surface area contributed by atoms with Crippen molar-refractivity contribution < 1.29 is 65.0 Å². The van der Waals surface area contributed by atoms with Crippen LogP contribution in [-0.4, -0.2) is 68.4 Å². The van der Waals surface area contributed by atoms with E-state index >= 15 is 8.78 Å². The number of nitrogens with two attached hydrogens (primary N) is 1. The van der Waals surface area contributed by atoms with Crippen molar-refractivity contribution in [2.75, 3.05) is 12.3 Å². The summed E-state index contributed by atoms with van der Waals surface area (Å²) in [7, 11) is -17.5. The van der Waals surface area contributed by atoms with Gasteiger partial charge in [-0.3, -0.25) is 18.9 Å². The Hall–Kier alpha value is -2.10. The Morgan fingerprint density at radius 1 is 1.26 bits per heavy atom. The van der Waals surface area contributed by atoms with Gasteiger partial charge in [-0.2, -0.15) is 13.6 Å². The van der Waals surface area contributed by atoms with Gasteiger partial charge in [0.1, 0.15) is 6.61 Å². The molecular formula is C12H14F2N5O13P3. The first kappa shape index (κ1) is 27.5. The molecule has 1 saturated heterocycles. The average Bonchev–Trinajstić information content (AvgIpc) is 3.18. The second-order valence-electron chi connectivity index (χ2n) is 6.71. The van der Waals surface area contributed by atoms with Crippen molar-refractivity contribution in [3.63, 3.8) is 0 Å². The molecule has 194 valence electrons. The molecule has 0 aromatic carbocycles. The van der Waals surface area contributed by atoms with Gasteiger partial charge in [-0.25, -0.2) is 27.5 Å². The number of terminal acetylenes is 1. The van der Waals surface area contributed by atoms with E-state index in [-0.39, 0.29) is 0 Å². The van der Waals surface area contributed by atoms with E-state index in [1.54, 1.807) is 0 Å². The number of halogens is 2. The van der Waals surface area contributed by atoms with Crippen molar-refractivity contribution >= 4 is 40.6 Å². The summed E-state index contributed by atoms with van der Waals surface area (Å²) in [5, 5.41) is 10.2. The summed E-state index contributed by atoms with van der Waals surface area (Å²) >= 11 is 0. The summed E-state index contributed by atoms with van der Waals surface area (Å²) in [6, 6.07) is 0. The number of aromatic amines is 1. The van der Waals surface area contributed by atoms with E-state index in [1.807, 2.05) is 0 Å². The Balaban J connectivity index is 1.89. The smallest absolute Gasteiger partial charge is 0.383 e. The van der Waals surface area contributed by atoms with Crippen molar-refractivity contribution in [1.82, 2.24) is 19.5 Å². The number of nitrogens with zero attached hydrogens (tertiary/aromatic N) is 3. The lowest BCUT2D eigenvalue weighted by atomic mass is 9.96. The molecule has 0 amide bonds. The highest BCUT2D eigenvalue weighted by Crippen LogP contribution is 2.66. The van der Waals surface area contributed by atoms with Crippen LogP contribution in [0.15, 0.2) is 11.1 Å². The predicted molar refractivity (Wildman–Crippen MR) is 105 cm³/mol. The van der Waals surface area contributed by atoms with Gasteiger partial charge in [0.05, 0.1) is 6.33 Å². The molecule has 23 heteroatoms. The lowest BCUT2D eigenvalue weighted by molar-refractivity contribution is -0.203. The highest BCUT2D eigenvalue weighted by atomic mass is 31.3. The Labute approximate surface area is 191 Å². The number of ether oxygens (including phenoxy) is 1. The van der Waals surface area contributed by atoms with Gasteiger partial charge in [0.25, 0.3) is 11.4 Å². The molecule has 0 bridgehead atoms. The van der Waals surface area contributed by atoms with Crippen LogP contribution >= 0.6 is 23.5 Å². The molecule has 1 fully saturated rings. The standard InChI is InChI=1S/C12H14F2N5O13P3/c1-2-11(13)8(21)12(14,3-29-34(25,26)32-35(27,28)31-33(22,23)24)30-9(11)19-4-16-5-6(19)17-10(15)18-7(5)20/h1,4,8-9,21H,3H2,(H,25,26)(H,27,28)(H2,22,23,24)(H3,15,17,18,20)/t8-,9+,11+,12+/m0/s1. The van der Waals surface area contributed by atoms with Gasteiger partial charge < -0.3 is 35.2 Å². The largest absolute Gasteiger partial charge is 0.490 e. The van der Waals surface area contributed by atoms with Gasteiger partial charge in [0.15, 0.2) is 23.5 Å². The number of aliphatic hydroxyl groups is 1. The van der Waals surface area contributed by atoms with Crippen LogP contribution in [0.25, 0.3) is 11.2 Å². The number of phosphoric ester groups is 1. The van der Waals surface area contributed by atoms with Gasteiger partial charge in [0, 0.05) is 0 Å². The monoisotopic (exact) mass is 567 g/mol. The first-order chi connectivity index (χ1) is 15.8. The van der Waals surface area contributed by atoms with Crippen LogP contribution in [0.4, 0.5) is 14.7 Å². The van der Waals surface area contributed by atoms with Crippen LogP contribution in [0.5, 0.6) is 0 Å². The number of hydrogen-bond donors (Lipinski definition) is 7. The van der Waals surface area contributed by atoms with Crippen molar-refractivity contribution in [2.24, 2.45) is 0 Å². The number of anilines is 1. The molecule has 0 aliphatic carbocycles. The third-order valence-corrected chi connectivity index (χ3v) is 8.02. The minimum absolute atomic E-state index is 0.415. The number of nitrogen functional groups attached to an aromatic ring is 1. The molecular weight excluding hydrogens is 553 g/mol. The second-order valence-corrected chi connectivity index (χ2v) is 11.1. The normalized spacial score (nSPS) is 30.6. The minimum Gasteiger partial charge on any atom is -0.383 e. The van der Waals surface area contributed by atoms with Crippen LogP contribution in [0.3, 0.4) is 0 Å². The molecule has 1 aliphatic rings. The predicted octanol–water partition coefficient (Wildman–Crippen LogP) is -1.06. The van der Waals surface area contributed by atoms with E-state index in [1.165, 1.54) is 5.92 Å². The van der Waals surface area contributed by atoms with E-state index in [9.17, 15) is 28.5 Å². The minimum atomic E-state index is -5.95. The fourth-order valence-corrected chi connectivity index (χ4v) is 5.93. The Bertz CT molecular complexity index is 1400. The molecule has 0 spiro atoms. The maximum Gasteiger partial charge on any atom is 0.490 e. The van der Waals surface area contributed by atoms with Crippen molar-refractivity contribution in [3.05, 3.63) is 16.7 Å². The van der Waals surface area contributed by atoms with Crippen molar-refractivity contribution in [3.8, 4) is 12.3 Å². The molecule has 35 heavy (non-hydrogen) atoms. The highest BCUT2D eigenvalue weighted by Gasteiger charge is 2.67. The fraction of sp³-hybridized carbons (Fsp3) is 0.417. The van der Waals surface area contributed by atoms with E-state index < -0.39 is 76.6 Å². The first-order valence-corrected chi connectivity index (χ1v) is 13.1. The number of imidazole rings is 1. The number of H-pyrrole nitrogens is 1. The molecule has 18 nitrogen and oxygen atoms in total. The quantitative estimate of drug-likeness (QED) is 0.148. The summed E-state index contributed by atoms with van der Waals surface area (Å²) < 4.78 is 81.1. The van der Waals surface area contributed by atoms with Gasteiger partial charge in [0.2, 0.25) is 11.6 Å². The van der Waals surface area contributed by atoms with Crippen molar-refractivity contribution in [1.29, 1.82) is 0 Å². The summed E-state index contributed by atoms with van der Waals surface area (Å²) in [6.45, 7) is -1.90. The number of rotatable bonds is 8. The molecule has 6 atom stereocenters. The number of phosphoric acid groups is 3. The zero-order chi connectivity index (χ0) is 26.6. The van der Waals surface area contributed by atoms with E-state index in [0.717, 1.165) is 6.33 Å². The summed E-state index contributed by atoms with van der Waals surface area (Å²) in [4.78, 5) is 56.9.